The second-order valence-electron chi connectivity index (χ2n) is 8.91. The number of pyridine rings is 1. The van der Waals surface area contributed by atoms with Gasteiger partial charge < -0.3 is 0 Å². The van der Waals surface area contributed by atoms with Gasteiger partial charge in [0.25, 0.3) is 0 Å². The summed E-state index contributed by atoms with van der Waals surface area (Å²) in [5.41, 5.74) is 4.01. The van der Waals surface area contributed by atoms with E-state index in [1.54, 1.807) is 0 Å². The fourth-order valence-electron chi connectivity index (χ4n) is 5.16. The Morgan fingerprint density at radius 2 is 1.77 bits per heavy atom. The summed E-state index contributed by atoms with van der Waals surface area (Å²) in [5.74, 6) is 0. The number of fused-ring (bicyclic) bond motifs is 7. The van der Waals surface area contributed by atoms with E-state index >= 15 is 0 Å². The number of aryl methyl sites for hydroxylation is 1. The molecule has 0 unspecified atom stereocenters. The lowest BCUT2D eigenvalue weighted by molar-refractivity contribution is -0.140. The highest BCUT2D eigenvalue weighted by Crippen LogP contribution is 2.43. The van der Waals surface area contributed by atoms with Gasteiger partial charge in [0.05, 0.1) is 34.2 Å². The standard InChI is InChI=1S/C22H21F3N6/c1-21(2)26-10-16-18-15(30-31(16)21)8-7-14-17(18)11-5-3-4-6-12(11)19(28-14)13-9-27-29-20(13)22(23,24)25/h7-9,26H,3-6,10H2,1-2H3,(H,27,29). The predicted octanol–water partition coefficient (Wildman–Crippen LogP) is 4.67. The number of rotatable bonds is 1. The minimum atomic E-state index is -4.52. The van der Waals surface area contributed by atoms with Gasteiger partial charge >= 0.3 is 6.18 Å². The summed E-state index contributed by atoms with van der Waals surface area (Å²) in [4.78, 5) is 4.78. The maximum absolute atomic E-state index is 13.6. The summed E-state index contributed by atoms with van der Waals surface area (Å²) in [5, 5.41) is 16.2. The Morgan fingerprint density at radius 3 is 2.55 bits per heavy atom. The first-order valence-corrected chi connectivity index (χ1v) is 10.5. The molecule has 9 heteroatoms. The molecule has 0 spiro atoms. The van der Waals surface area contributed by atoms with Crippen molar-refractivity contribution in [2.45, 2.75) is 57.9 Å². The van der Waals surface area contributed by atoms with Crippen LogP contribution in [0.1, 0.15) is 49.2 Å². The van der Waals surface area contributed by atoms with Crippen LogP contribution in [-0.2, 0) is 31.2 Å². The second-order valence-corrected chi connectivity index (χ2v) is 8.91. The summed E-state index contributed by atoms with van der Waals surface area (Å²) in [6, 6.07) is 3.80. The largest absolute Gasteiger partial charge is 0.433 e. The van der Waals surface area contributed by atoms with Gasteiger partial charge in [-0.05, 0) is 62.8 Å². The number of halogens is 3. The zero-order valence-corrected chi connectivity index (χ0v) is 17.2. The van der Waals surface area contributed by atoms with E-state index in [4.69, 9.17) is 10.1 Å². The van der Waals surface area contributed by atoms with Crippen molar-refractivity contribution in [3.05, 3.63) is 40.8 Å². The molecule has 0 saturated heterocycles. The molecule has 1 aromatic carbocycles. The molecule has 0 bridgehead atoms. The lowest BCUT2D eigenvalue weighted by Crippen LogP contribution is -2.35. The van der Waals surface area contributed by atoms with Crippen LogP contribution < -0.4 is 5.32 Å². The van der Waals surface area contributed by atoms with Crippen LogP contribution in [0.25, 0.3) is 33.1 Å². The highest BCUT2D eigenvalue weighted by Gasteiger charge is 2.38. The molecule has 0 atom stereocenters. The number of hydrogen-bond acceptors (Lipinski definition) is 4. The lowest BCUT2D eigenvalue weighted by atomic mass is 9.85. The van der Waals surface area contributed by atoms with Crippen molar-refractivity contribution in [2.24, 2.45) is 0 Å². The average Bonchev–Trinajstić information content (AvgIpc) is 3.42. The predicted molar refractivity (Wildman–Crippen MR) is 110 cm³/mol. The van der Waals surface area contributed by atoms with Gasteiger partial charge in [-0.2, -0.15) is 23.4 Å². The molecule has 6 nitrogen and oxygen atoms in total. The van der Waals surface area contributed by atoms with Gasteiger partial charge in [0.2, 0.25) is 0 Å². The van der Waals surface area contributed by atoms with Crippen LogP contribution in [0.15, 0.2) is 18.3 Å². The number of hydrogen-bond donors (Lipinski definition) is 2. The molecule has 0 amide bonds. The smallest absolute Gasteiger partial charge is 0.288 e. The lowest BCUT2D eigenvalue weighted by Gasteiger charge is -2.22. The van der Waals surface area contributed by atoms with E-state index in [1.165, 1.54) is 6.20 Å². The van der Waals surface area contributed by atoms with Gasteiger partial charge in [-0.15, -0.1) is 0 Å². The molecule has 0 fully saturated rings. The van der Waals surface area contributed by atoms with Crippen molar-refractivity contribution < 1.29 is 13.2 Å². The van der Waals surface area contributed by atoms with Gasteiger partial charge in [-0.3, -0.25) is 10.4 Å². The minimum absolute atomic E-state index is 0.0238. The normalized spacial score (nSPS) is 18.0. The highest BCUT2D eigenvalue weighted by atomic mass is 19.4. The van der Waals surface area contributed by atoms with E-state index in [-0.39, 0.29) is 11.2 Å². The average molecular weight is 426 g/mol. The van der Waals surface area contributed by atoms with Crippen molar-refractivity contribution >= 4 is 21.8 Å². The Hall–Kier alpha value is -2.94. The van der Waals surface area contributed by atoms with Gasteiger partial charge in [0.1, 0.15) is 11.4 Å². The van der Waals surface area contributed by atoms with Crippen molar-refractivity contribution in [3.63, 3.8) is 0 Å². The monoisotopic (exact) mass is 426 g/mol. The van der Waals surface area contributed by atoms with E-state index < -0.39 is 11.9 Å². The Labute approximate surface area is 175 Å². The third-order valence-electron chi connectivity index (χ3n) is 6.60. The molecule has 3 aromatic heterocycles. The van der Waals surface area contributed by atoms with Crippen LogP contribution in [0.3, 0.4) is 0 Å². The summed E-state index contributed by atoms with van der Waals surface area (Å²) in [7, 11) is 0. The SMILES string of the molecule is CC1(C)NCc2c3c(ccc4nc(-c5cn[nH]c5C(F)(F)F)c5c(c43)CCCC5)nn21. The van der Waals surface area contributed by atoms with E-state index in [2.05, 4.69) is 29.4 Å². The van der Waals surface area contributed by atoms with Crippen LogP contribution >= 0.6 is 0 Å². The molecule has 2 N–H and O–H groups in total. The van der Waals surface area contributed by atoms with E-state index in [1.807, 2.05) is 16.8 Å². The first kappa shape index (κ1) is 18.8. The Bertz CT molecular complexity index is 1360. The van der Waals surface area contributed by atoms with Crippen LogP contribution in [0.4, 0.5) is 13.2 Å². The summed E-state index contributed by atoms with van der Waals surface area (Å²) in [6.45, 7) is 4.86. The van der Waals surface area contributed by atoms with Crippen molar-refractivity contribution in [1.82, 2.24) is 30.3 Å². The molecule has 2 aliphatic rings. The van der Waals surface area contributed by atoms with E-state index in [9.17, 15) is 13.2 Å². The molecule has 0 radical (unpaired) electrons. The second kappa shape index (κ2) is 6.06. The molecule has 4 aromatic rings. The first-order chi connectivity index (χ1) is 14.8. The molecule has 1 aliphatic heterocycles. The molecule has 6 rings (SSSR count). The van der Waals surface area contributed by atoms with Gasteiger partial charge in [0.15, 0.2) is 0 Å². The number of aromatic amines is 1. The van der Waals surface area contributed by atoms with Gasteiger partial charge in [-0.1, -0.05) is 0 Å². The topological polar surface area (TPSA) is 71.4 Å². The zero-order valence-electron chi connectivity index (χ0n) is 17.2. The van der Waals surface area contributed by atoms with Crippen LogP contribution in [0.5, 0.6) is 0 Å². The summed E-state index contributed by atoms with van der Waals surface area (Å²) >= 11 is 0. The Kier molecular flexibility index (Phi) is 3.68. The number of benzene rings is 1. The number of nitrogens with one attached hydrogen (secondary N) is 2. The van der Waals surface area contributed by atoms with E-state index in [0.717, 1.165) is 52.4 Å². The first-order valence-electron chi connectivity index (χ1n) is 10.5. The van der Waals surface area contributed by atoms with Crippen molar-refractivity contribution in [1.29, 1.82) is 0 Å². The maximum atomic E-state index is 13.6. The Balaban J connectivity index is 1.70. The van der Waals surface area contributed by atoms with Gasteiger partial charge in [0, 0.05) is 17.3 Å². The third kappa shape index (κ3) is 2.59. The number of nitrogens with zero attached hydrogens (tertiary/aromatic N) is 4. The number of alkyl halides is 3. The molecule has 160 valence electrons. The zero-order chi connectivity index (χ0) is 21.5. The molecular formula is C22H21F3N6. The van der Waals surface area contributed by atoms with Crippen LogP contribution in [0.2, 0.25) is 0 Å². The van der Waals surface area contributed by atoms with Gasteiger partial charge in [-0.25, -0.2) is 9.67 Å². The molecule has 1 aliphatic carbocycles. The molecule has 4 heterocycles. The quantitative estimate of drug-likeness (QED) is 0.464. The molecule has 31 heavy (non-hydrogen) atoms. The molecule has 0 saturated carbocycles. The maximum Gasteiger partial charge on any atom is 0.433 e. The highest BCUT2D eigenvalue weighted by molar-refractivity contribution is 6.09. The molecular weight excluding hydrogens is 405 g/mol. The minimum Gasteiger partial charge on any atom is -0.288 e. The van der Waals surface area contributed by atoms with E-state index in [0.29, 0.717) is 24.2 Å². The third-order valence-corrected chi connectivity index (χ3v) is 6.60. The summed E-state index contributed by atoms with van der Waals surface area (Å²) < 4.78 is 42.8. The number of aromatic nitrogens is 5. The van der Waals surface area contributed by atoms with Crippen molar-refractivity contribution in [3.8, 4) is 11.3 Å². The number of H-pyrrole nitrogens is 1. The van der Waals surface area contributed by atoms with Crippen LogP contribution in [-0.4, -0.2) is 25.0 Å². The fraction of sp³-hybridized carbons (Fsp3) is 0.409. The Morgan fingerprint density at radius 1 is 1.03 bits per heavy atom. The summed E-state index contributed by atoms with van der Waals surface area (Å²) in [6.07, 6.45) is 0.198. The van der Waals surface area contributed by atoms with Crippen LogP contribution in [0, 0.1) is 0 Å². The fourth-order valence-corrected chi connectivity index (χ4v) is 5.16. The van der Waals surface area contributed by atoms with Crippen molar-refractivity contribution in [2.75, 3.05) is 0 Å².